The van der Waals surface area contributed by atoms with E-state index in [0.29, 0.717) is 11.4 Å². The zero-order valence-corrected chi connectivity index (χ0v) is 10.2. The summed E-state index contributed by atoms with van der Waals surface area (Å²) in [7, 11) is -0.301. The fourth-order valence-corrected chi connectivity index (χ4v) is 2.26. The topological polar surface area (TPSA) is 72.6 Å². The highest BCUT2D eigenvalue weighted by Gasteiger charge is 2.17. The van der Waals surface area contributed by atoms with Crippen molar-refractivity contribution in [3.63, 3.8) is 0 Å². The normalized spacial score (nSPS) is 11.2. The van der Waals surface area contributed by atoms with Crippen molar-refractivity contribution in [1.82, 2.24) is 0 Å². The van der Waals surface area contributed by atoms with Gasteiger partial charge in [0, 0.05) is 19.7 Å². The van der Waals surface area contributed by atoms with E-state index in [1.807, 2.05) is 0 Å². The number of nitrogens with two attached hydrogens (primary N) is 1. The average molecular weight is 244 g/mol. The molecule has 0 unspecified atom stereocenters. The average Bonchev–Trinajstić information content (AvgIpc) is 2.28. The first kappa shape index (κ1) is 12.8. The highest BCUT2D eigenvalue weighted by atomic mass is 32.2. The zero-order valence-electron chi connectivity index (χ0n) is 9.38. The molecule has 0 saturated heterocycles. The number of ether oxygens (including phenoxy) is 1. The Morgan fingerprint density at radius 3 is 2.69 bits per heavy atom. The van der Waals surface area contributed by atoms with Gasteiger partial charge in [-0.1, -0.05) is 6.07 Å². The van der Waals surface area contributed by atoms with Crippen LogP contribution in [0.4, 0.5) is 5.69 Å². The molecule has 0 aromatic heterocycles. The van der Waals surface area contributed by atoms with Gasteiger partial charge in [0.2, 0.25) is 10.0 Å². The molecule has 6 heteroatoms. The Balaban J connectivity index is 3.00. The minimum atomic E-state index is -3.34. The van der Waals surface area contributed by atoms with Crippen molar-refractivity contribution < 1.29 is 13.2 Å². The van der Waals surface area contributed by atoms with Crippen molar-refractivity contribution in [2.75, 3.05) is 30.8 Å². The number of hydrogen-bond donors (Lipinski definition) is 1. The molecule has 1 rings (SSSR count). The number of anilines is 1. The summed E-state index contributed by atoms with van der Waals surface area (Å²) in [6, 6.07) is 6.86. The molecule has 5 nitrogen and oxygen atoms in total. The Labute approximate surface area is 95.9 Å². The summed E-state index contributed by atoms with van der Waals surface area (Å²) in [6.07, 6.45) is 0. The second-order valence-electron chi connectivity index (χ2n) is 3.27. The van der Waals surface area contributed by atoms with Crippen molar-refractivity contribution >= 4 is 15.7 Å². The summed E-state index contributed by atoms with van der Waals surface area (Å²) in [5.41, 5.74) is 5.82. The number of rotatable bonds is 5. The molecule has 0 radical (unpaired) electrons. The van der Waals surface area contributed by atoms with Crippen molar-refractivity contribution in [3.05, 3.63) is 24.3 Å². The molecule has 0 spiro atoms. The molecule has 0 atom stereocenters. The van der Waals surface area contributed by atoms with Gasteiger partial charge >= 0.3 is 0 Å². The van der Waals surface area contributed by atoms with Gasteiger partial charge in [-0.15, -0.1) is 0 Å². The number of methoxy groups -OCH3 is 1. The van der Waals surface area contributed by atoms with Gasteiger partial charge in [-0.25, -0.2) is 8.42 Å². The summed E-state index contributed by atoms with van der Waals surface area (Å²) < 4.78 is 29.7. The minimum Gasteiger partial charge on any atom is -0.497 e. The van der Waals surface area contributed by atoms with Crippen LogP contribution < -0.4 is 14.8 Å². The molecule has 16 heavy (non-hydrogen) atoms. The zero-order chi connectivity index (χ0) is 12.2. The lowest BCUT2D eigenvalue weighted by atomic mass is 10.3. The summed E-state index contributed by atoms with van der Waals surface area (Å²) in [5.74, 6) is 0.549. The number of sulfonamides is 1. The highest BCUT2D eigenvalue weighted by molar-refractivity contribution is 7.92. The molecule has 0 aliphatic carbocycles. The van der Waals surface area contributed by atoms with Crippen LogP contribution in [0.25, 0.3) is 0 Å². The Hall–Kier alpha value is -1.27. The van der Waals surface area contributed by atoms with Crippen molar-refractivity contribution in [2.45, 2.75) is 0 Å². The van der Waals surface area contributed by atoms with Crippen LogP contribution in [0.2, 0.25) is 0 Å². The summed E-state index contributed by atoms with van der Waals surface area (Å²) in [4.78, 5) is 0. The Bertz CT molecular complexity index is 445. The first-order chi connectivity index (χ1) is 7.51. The SMILES string of the molecule is COc1cccc(N(C)S(=O)(=O)CCN)c1. The van der Waals surface area contributed by atoms with E-state index in [1.165, 1.54) is 18.5 Å². The molecule has 0 aliphatic heterocycles. The quantitative estimate of drug-likeness (QED) is 0.814. The van der Waals surface area contributed by atoms with Crippen LogP contribution in [0.5, 0.6) is 5.75 Å². The van der Waals surface area contributed by atoms with Gasteiger partial charge in [-0.05, 0) is 12.1 Å². The first-order valence-electron chi connectivity index (χ1n) is 4.82. The monoisotopic (exact) mass is 244 g/mol. The minimum absolute atomic E-state index is 0.0687. The maximum absolute atomic E-state index is 11.7. The second-order valence-corrected chi connectivity index (χ2v) is 5.39. The van der Waals surface area contributed by atoms with E-state index < -0.39 is 10.0 Å². The summed E-state index contributed by atoms with van der Waals surface area (Å²) >= 11 is 0. The molecule has 0 bridgehead atoms. The van der Waals surface area contributed by atoms with Gasteiger partial charge in [-0.3, -0.25) is 4.31 Å². The van der Waals surface area contributed by atoms with Crippen LogP contribution in [-0.2, 0) is 10.0 Å². The van der Waals surface area contributed by atoms with Crippen molar-refractivity contribution in [1.29, 1.82) is 0 Å². The highest BCUT2D eigenvalue weighted by Crippen LogP contribution is 2.21. The maximum Gasteiger partial charge on any atom is 0.236 e. The first-order valence-corrected chi connectivity index (χ1v) is 6.43. The molecule has 1 aromatic rings. The number of nitrogens with zero attached hydrogens (tertiary/aromatic N) is 1. The van der Waals surface area contributed by atoms with Crippen LogP contribution >= 0.6 is 0 Å². The molecule has 1 aromatic carbocycles. The lowest BCUT2D eigenvalue weighted by molar-refractivity contribution is 0.415. The molecule has 2 N–H and O–H groups in total. The fraction of sp³-hybridized carbons (Fsp3) is 0.400. The van der Waals surface area contributed by atoms with Gasteiger partial charge in [-0.2, -0.15) is 0 Å². The molecule has 0 amide bonds. The molecule has 0 fully saturated rings. The van der Waals surface area contributed by atoms with Gasteiger partial charge in [0.15, 0.2) is 0 Å². The third-order valence-corrected chi connectivity index (χ3v) is 4.01. The van der Waals surface area contributed by atoms with Gasteiger partial charge < -0.3 is 10.5 Å². The van der Waals surface area contributed by atoms with Crippen LogP contribution in [0.1, 0.15) is 0 Å². The molecule has 90 valence electrons. The molecule has 0 aliphatic rings. The third-order valence-electron chi connectivity index (χ3n) is 2.21. The van der Waals surface area contributed by atoms with Gasteiger partial charge in [0.05, 0.1) is 18.6 Å². The third kappa shape index (κ3) is 2.86. The standard InChI is InChI=1S/C10H16N2O3S/c1-12(16(13,14)7-6-11)9-4-3-5-10(8-9)15-2/h3-5,8H,6-7,11H2,1-2H3. The largest absolute Gasteiger partial charge is 0.497 e. The van der Waals surface area contributed by atoms with E-state index in [1.54, 1.807) is 24.3 Å². The van der Waals surface area contributed by atoms with E-state index >= 15 is 0 Å². The molecular weight excluding hydrogens is 228 g/mol. The molecule has 0 heterocycles. The fourth-order valence-electron chi connectivity index (χ4n) is 1.25. The molecular formula is C10H16N2O3S. The van der Waals surface area contributed by atoms with E-state index in [-0.39, 0.29) is 12.3 Å². The lowest BCUT2D eigenvalue weighted by Gasteiger charge is -2.19. The Morgan fingerprint density at radius 2 is 2.12 bits per heavy atom. The maximum atomic E-state index is 11.7. The second kappa shape index (κ2) is 5.18. The smallest absolute Gasteiger partial charge is 0.236 e. The Morgan fingerprint density at radius 1 is 1.44 bits per heavy atom. The Kier molecular flexibility index (Phi) is 4.14. The number of benzene rings is 1. The molecule has 0 saturated carbocycles. The van der Waals surface area contributed by atoms with E-state index in [4.69, 9.17) is 10.5 Å². The lowest BCUT2D eigenvalue weighted by Crippen LogP contribution is -2.31. The summed E-state index contributed by atoms with van der Waals surface area (Å²) in [5, 5.41) is 0. The van der Waals surface area contributed by atoms with Crippen molar-refractivity contribution in [3.8, 4) is 5.75 Å². The van der Waals surface area contributed by atoms with Crippen LogP contribution in [0.3, 0.4) is 0 Å². The summed E-state index contributed by atoms with van der Waals surface area (Å²) in [6.45, 7) is 0.108. The number of hydrogen-bond acceptors (Lipinski definition) is 4. The van der Waals surface area contributed by atoms with E-state index in [2.05, 4.69) is 0 Å². The predicted octanol–water partition coefficient (Wildman–Crippen LogP) is 0.420. The predicted molar refractivity (Wildman–Crippen MR) is 64.2 cm³/mol. The van der Waals surface area contributed by atoms with Crippen LogP contribution in [0, 0.1) is 0 Å². The van der Waals surface area contributed by atoms with Crippen molar-refractivity contribution in [2.24, 2.45) is 5.73 Å². The van der Waals surface area contributed by atoms with Crippen LogP contribution in [-0.4, -0.2) is 34.9 Å². The van der Waals surface area contributed by atoms with Gasteiger partial charge in [0.25, 0.3) is 0 Å². The van der Waals surface area contributed by atoms with Gasteiger partial charge in [0.1, 0.15) is 5.75 Å². The van der Waals surface area contributed by atoms with E-state index in [9.17, 15) is 8.42 Å². The van der Waals surface area contributed by atoms with E-state index in [0.717, 1.165) is 0 Å². The van der Waals surface area contributed by atoms with Crippen LogP contribution in [0.15, 0.2) is 24.3 Å².